The molecule has 0 saturated carbocycles. The number of esters is 1. The molecule has 0 spiro atoms. The molecule has 6 heteroatoms. The second kappa shape index (κ2) is 8.14. The van der Waals surface area contributed by atoms with Crippen LogP contribution in [-0.2, 0) is 9.53 Å². The van der Waals surface area contributed by atoms with E-state index >= 15 is 0 Å². The summed E-state index contributed by atoms with van der Waals surface area (Å²) in [5, 5.41) is 12.4. The molecule has 116 valence electrons. The minimum absolute atomic E-state index is 0.00907. The maximum absolute atomic E-state index is 11.8. The van der Waals surface area contributed by atoms with Crippen molar-refractivity contribution in [2.75, 3.05) is 13.7 Å². The number of hydrogen-bond donors (Lipinski definition) is 2. The van der Waals surface area contributed by atoms with Crippen LogP contribution in [0.2, 0.25) is 0 Å². The molecule has 1 aromatic rings. The van der Waals surface area contributed by atoms with Crippen LogP contribution in [-0.4, -0.2) is 36.7 Å². The minimum atomic E-state index is -0.756. The topological polar surface area (TPSA) is 84.9 Å². The molecule has 0 aliphatic carbocycles. The van der Waals surface area contributed by atoms with Crippen molar-refractivity contribution in [1.82, 2.24) is 5.32 Å². The van der Waals surface area contributed by atoms with Gasteiger partial charge in [-0.1, -0.05) is 13.3 Å². The van der Waals surface area contributed by atoms with Crippen LogP contribution in [0.25, 0.3) is 0 Å². The highest BCUT2D eigenvalue weighted by Gasteiger charge is 2.15. The van der Waals surface area contributed by atoms with Gasteiger partial charge in [0.05, 0.1) is 7.11 Å². The van der Waals surface area contributed by atoms with Crippen LogP contribution in [0.15, 0.2) is 18.2 Å². The third-order valence-corrected chi connectivity index (χ3v) is 2.89. The summed E-state index contributed by atoms with van der Waals surface area (Å²) in [5.74, 6) is -0.944. The Morgan fingerprint density at radius 2 is 2.10 bits per heavy atom. The zero-order valence-electron chi connectivity index (χ0n) is 12.5. The first-order valence-corrected chi connectivity index (χ1v) is 6.81. The van der Waals surface area contributed by atoms with Crippen molar-refractivity contribution >= 4 is 11.9 Å². The number of phenols is 1. The van der Waals surface area contributed by atoms with E-state index in [1.54, 1.807) is 0 Å². The third-order valence-electron chi connectivity index (χ3n) is 2.89. The lowest BCUT2D eigenvalue weighted by Crippen LogP contribution is -2.35. The first-order chi connectivity index (χ1) is 9.97. The highest BCUT2D eigenvalue weighted by atomic mass is 16.5. The second-order valence-corrected chi connectivity index (χ2v) is 4.72. The predicted molar refractivity (Wildman–Crippen MR) is 77.5 cm³/mol. The van der Waals surface area contributed by atoms with Gasteiger partial charge in [0, 0.05) is 12.1 Å². The number of ether oxygens (including phenoxy) is 2. The largest absolute Gasteiger partial charge is 0.507 e. The van der Waals surface area contributed by atoms with E-state index in [2.05, 4.69) is 5.32 Å². The molecular formula is C15H21NO5. The van der Waals surface area contributed by atoms with E-state index < -0.39 is 5.97 Å². The van der Waals surface area contributed by atoms with Crippen LogP contribution in [0, 0.1) is 0 Å². The van der Waals surface area contributed by atoms with Gasteiger partial charge in [0.15, 0.2) is 6.61 Å². The number of aromatic hydroxyl groups is 1. The number of nitrogens with one attached hydrogen (secondary N) is 1. The zero-order valence-corrected chi connectivity index (χ0v) is 12.5. The Kier molecular flexibility index (Phi) is 6.52. The molecule has 1 amide bonds. The Balaban J connectivity index is 2.52. The average molecular weight is 295 g/mol. The van der Waals surface area contributed by atoms with Gasteiger partial charge in [-0.05, 0) is 25.5 Å². The number of rotatable bonds is 7. The molecule has 0 heterocycles. The van der Waals surface area contributed by atoms with E-state index in [4.69, 9.17) is 9.47 Å². The molecule has 1 atom stereocenters. The van der Waals surface area contributed by atoms with Gasteiger partial charge in [-0.3, -0.25) is 4.79 Å². The molecule has 0 aliphatic heterocycles. The molecule has 1 rings (SSSR count). The molecule has 0 saturated heterocycles. The van der Waals surface area contributed by atoms with Gasteiger partial charge in [-0.25, -0.2) is 4.79 Å². The van der Waals surface area contributed by atoms with Crippen molar-refractivity contribution in [3.8, 4) is 11.5 Å². The van der Waals surface area contributed by atoms with Crippen molar-refractivity contribution in [3.63, 3.8) is 0 Å². The lowest BCUT2D eigenvalue weighted by Gasteiger charge is -2.13. The molecule has 0 fully saturated rings. The monoisotopic (exact) mass is 295 g/mol. The quantitative estimate of drug-likeness (QED) is 0.750. The van der Waals surface area contributed by atoms with Gasteiger partial charge < -0.3 is 19.9 Å². The van der Waals surface area contributed by atoms with E-state index in [1.807, 2.05) is 13.8 Å². The van der Waals surface area contributed by atoms with Gasteiger partial charge in [-0.2, -0.15) is 0 Å². The smallest absolute Gasteiger partial charge is 0.342 e. The Hall–Kier alpha value is -2.24. The fraction of sp³-hybridized carbons (Fsp3) is 0.467. The maximum atomic E-state index is 11.8. The summed E-state index contributed by atoms with van der Waals surface area (Å²) in [6, 6.07) is 4.25. The molecule has 21 heavy (non-hydrogen) atoms. The third kappa shape index (κ3) is 5.33. The summed E-state index contributed by atoms with van der Waals surface area (Å²) in [7, 11) is 1.45. The number of amides is 1. The fourth-order valence-corrected chi connectivity index (χ4v) is 1.84. The Labute approximate surface area is 124 Å². The number of phenolic OH excluding ortho intramolecular Hbond substituents is 1. The van der Waals surface area contributed by atoms with Crippen LogP contribution in [0.4, 0.5) is 0 Å². The lowest BCUT2D eigenvalue weighted by atomic mass is 10.2. The number of carbonyl (C=O) groups excluding carboxylic acids is 2. The normalized spacial score (nSPS) is 11.6. The standard InChI is InChI=1S/C15H21NO5/c1-4-5-10(2)16-14(18)9-21-15(19)12-7-6-11(20-3)8-13(12)17/h6-8,10,17H,4-5,9H2,1-3H3,(H,16,18)/t10-/m1/s1. The van der Waals surface area contributed by atoms with Gasteiger partial charge in [0.2, 0.25) is 0 Å². The molecule has 0 bridgehead atoms. The van der Waals surface area contributed by atoms with E-state index in [0.717, 1.165) is 12.8 Å². The Morgan fingerprint density at radius 1 is 1.38 bits per heavy atom. The van der Waals surface area contributed by atoms with Crippen molar-refractivity contribution in [2.45, 2.75) is 32.7 Å². The Morgan fingerprint density at radius 3 is 2.67 bits per heavy atom. The second-order valence-electron chi connectivity index (χ2n) is 4.72. The maximum Gasteiger partial charge on any atom is 0.342 e. The van der Waals surface area contributed by atoms with Gasteiger partial charge in [-0.15, -0.1) is 0 Å². The van der Waals surface area contributed by atoms with Crippen LogP contribution in [0.1, 0.15) is 37.0 Å². The van der Waals surface area contributed by atoms with Gasteiger partial charge in [0.25, 0.3) is 5.91 Å². The summed E-state index contributed by atoms with van der Waals surface area (Å²) >= 11 is 0. The summed E-state index contributed by atoms with van der Waals surface area (Å²) in [5.41, 5.74) is -0.00907. The van der Waals surface area contributed by atoms with Crippen molar-refractivity contribution in [2.24, 2.45) is 0 Å². The van der Waals surface area contributed by atoms with E-state index in [-0.39, 0.29) is 29.9 Å². The average Bonchev–Trinajstić information content (AvgIpc) is 2.44. The van der Waals surface area contributed by atoms with E-state index in [1.165, 1.54) is 25.3 Å². The Bertz CT molecular complexity index is 501. The fourth-order valence-electron chi connectivity index (χ4n) is 1.84. The van der Waals surface area contributed by atoms with Crippen LogP contribution < -0.4 is 10.1 Å². The van der Waals surface area contributed by atoms with Crippen LogP contribution in [0.5, 0.6) is 11.5 Å². The summed E-state index contributed by atoms with van der Waals surface area (Å²) in [6.45, 7) is 3.53. The number of carbonyl (C=O) groups is 2. The molecule has 0 unspecified atom stereocenters. The summed E-state index contributed by atoms with van der Waals surface area (Å²) in [4.78, 5) is 23.4. The van der Waals surface area contributed by atoms with E-state index in [0.29, 0.717) is 5.75 Å². The van der Waals surface area contributed by atoms with Crippen LogP contribution in [0.3, 0.4) is 0 Å². The number of methoxy groups -OCH3 is 1. The molecule has 0 aromatic heterocycles. The minimum Gasteiger partial charge on any atom is -0.507 e. The van der Waals surface area contributed by atoms with Crippen molar-refractivity contribution in [3.05, 3.63) is 23.8 Å². The highest BCUT2D eigenvalue weighted by molar-refractivity contribution is 5.94. The lowest BCUT2D eigenvalue weighted by molar-refractivity contribution is -0.124. The highest BCUT2D eigenvalue weighted by Crippen LogP contribution is 2.23. The molecule has 0 radical (unpaired) electrons. The van der Waals surface area contributed by atoms with Gasteiger partial charge in [0.1, 0.15) is 17.1 Å². The molecule has 6 nitrogen and oxygen atoms in total. The van der Waals surface area contributed by atoms with Crippen molar-refractivity contribution < 1.29 is 24.2 Å². The summed E-state index contributed by atoms with van der Waals surface area (Å²) in [6.07, 6.45) is 1.82. The first-order valence-electron chi connectivity index (χ1n) is 6.81. The predicted octanol–water partition coefficient (Wildman–Crippen LogP) is 1.86. The molecular weight excluding hydrogens is 274 g/mol. The van der Waals surface area contributed by atoms with Crippen LogP contribution >= 0.6 is 0 Å². The summed E-state index contributed by atoms with van der Waals surface area (Å²) < 4.78 is 9.79. The first kappa shape index (κ1) is 16.8. The molecule has 2 N–H and O–H groups in total. The van der Waals surface area contributed by atoms with Crippen molar-refractivity contribution in [1.29, 1.82) is 0 Å². The zero-order chi connectivity index (χ0) is 15.8. The van der Waals surface area contributed by atoms with Gasteiger partial charge >= 0.3 is 5.97 Å². The number of benzene rings is 1. The van der Waals surface area contributed by atoms with E-state index in [9.17, 15) is 14.7 Å². The SMILES string of the molecule is CCC[C@@H](C)NC(=O)COC(=O)c1ccc(OC)cc1O. The molecule has 1 aromatic carbocycles. The number of hydrogen-bond acceptors (Lipinski definition) is 5. The molecule has 0 aliphatic rings.